The Hall–Kier alpha value is -0.830. The average Bonchev–Trinajstić information content (AvgIpc) is 1.87. The van der Waals surface area contributed by atoms with Crippen molar-refractivity contribution in [2.24, 2.45) is 0 Å². The molecular formula is C8H14O3. The van der Waals surface area contributed by atoms with Crippen LogP contribution in [-0.2, 0) is 9.53 Å². The van der Waals surface area contributed by atoms with Gasteiger partial charge in [-0.05, 0) is 20.3 Å². The Kier molecular flexibility index (Phi) is 5.47. The summed E-state index contributed by atoms with van der Waals surface area (Å²) < 4.78 is 4.62. The largest absolute Gasteiger partial charge is 0.463 e. The fraction of sp³-hybridized carbons (Fsp3) is 0.625. The summed E-state index contributed by atoms with van der Waals surface area (Å²) >= 11 is 0. The highest BCUT2D eigenvalue weighted by molar-refractivity contribution is 5.81. The predicted molar refractivity (Wildman–Crippen MR) is 42.1 cm³/mol. The van der Waals surface area contributed by atoms with Gasteiger partial charge in [-0.25, -0.2) is 4.79 Å². The van der Waals surface area contributed by atoms with Crippen molar-refractivity contribution in [3.05, 3.63) is 12.2 Å². The minimum absolute atomic E-state index is 0.354. The van der Waals surface area contributed by atoms with Crippen molar-refractivity contribution < 1.29 is 14.6 Å². The second kappa shape index (κ2) is 5.92. The third-order valence-corrected chi connectivity index (χ3v) is 1.02. The number of ether oxygens (including phenoxy) is 1. The van der Waals surface area contributed by atoms with E-state index >= 15 is 0 Å². The molecule has 0 aromatic heterocycles. The number of carbonyl (C=O) groups excluding carboxylic acids is 1. The highest BCUT2D eigenvalue weighted by Gasteiger charge is 1.93. The van der Waals surface area contributed by atoms with Gasteiger partial charge in [-0.15, -0.1) is 0 Å². The van der Waals surface area contributed by atoms with E-state index in [0.717, 1.165) is 0 Å². The lowest BCUT2D eigenvalue weighted by Crippen LogP contribution is -2.00. The first-order chi connectivity index (χ1) is 5.16. The Labute approximate surface area is 66.7 Å². The number of esters is 1. The summed E-state index contributed by atoms with van der Waals surface area (Å²) in [7, 11) is 0. The second-order valence-corrected chi connectivity index (χ2v) is 2.24. The zero-order valence-electron chi connectivity index (χ0n) is 6.91. The summed E-state index contributed by atoms with van der Waals surface area (Å²) in [6.07, 6.45) is 3.01. The fourth-order valence-electron chi connectivity index (χ4n) is 0.552. The third-order valence-electron chi connectivity index (χ3n) is 1.02. The molecule has 0 aliphatic rings. The van der Waals surface area contributed by atoms with E-state index in [2.05, 4.69) is 4.74 Å². The number of aliphatic hydroxyl groups is 1. The van der Waals surface area contributed by atoms with Gasteiger partial charge in [0.1, 0.15) is 0 Å². The Morgan fingerprint density at radius 2 is 2.36 bits per heavy atom. The number of carbonyl (C=O) groups is 1. The molecule has 0 aliphatic carbocycles. The van der Waals surface area contributed by atoms with Crippen LogP contribution in [0.3, 0.4) is 0 Å². The zero-order valence-corrected chi connectivity index (χ0v) is 6.91. The van der Waals surface area contributed by atoms with E-state index in [1.54, 1.807) is 19.9 Å². The molecule has 0 radical (unpaired) electrons. The van der Waals surface area contributed by atoms with Crippen LogP contribution < -0.4 is 0 Å². The second-order valence-electron chi connectivity index (χ2n) is 2.24. The van der Waals surface area contributed by atoms with Gasteiger partial charge in [-0.3, -0.25) is 0 Å². The van der Waals surface area contributed by atoms with Crippen molar-refractivity contribution in [3.8, 4) is 0 Å². The van der Waals surface area contributed by atoms with E-state index in [0.29, 0.717) is 13.0 Å². The van der Waals surface area contributed by atoms with E-state index in [4.69, 9.17) is 5.11 Å². The molecule has 0 amide bonds. The van der Waals surface area contributed by atoms with Gasteiger partial charge < -0.3 is 9.84 Å². The Morgan fingerprint density at radius 1 is 1.73 bits per heavy atom. The maximum Gasteiger partial charge on any atom is 0.330 e. The number of aliphatic hydroxyl groups excluding tert-OH is 1. The molecule has 1 unspecified atom stereocenters. The molecule has 0 aliphatic heterocycles. The monoisotopic (exact) mass is 158 g/mol. The summed E-state index contributed by atoms with van der Waals surface area (Å²) in [6.45, 7) is 3.80. The van der Waals surface area contributed by atoms with Gasteiger partial charge in [-0.1, -0.05) is 6.08 Å². The molecule has 1 N–H and O–H groups in total. The first-order valence-corrected chi connectivity index (χ1v) is 3.68. The maximum absolute atomic E-state index is 10.6. The molecule has 0 heterocycles. The standard InChI is InChI=1S/C8H14O3/c1-3-11-8(10)6-4-5-7(2)9/h4,6-7,9H,3,5H2,1-2H3. The average molecular weight is 158 g/mol. The minimum atomic E-state index is -0.402. The van der Waals surface area contributed by atoms with Gasteiger partial charge in [0.05, 0.1) is 12.7 Å². The minimum Gasteiger partial charge on any atom is -0.463 e. The molecule has 0 saturated heterocycles. The van der Waals surface area contributed by atoms with Crippen molar-refractivity contribution in [1.82, 2.24) is 0 Å². The third kappa shape index (κ3) is 7.06. The van der Waals surface area contributed by atoms with E-state index in [-0.39, 0.29) is 5.97 Å². The lowest BCUT2D eigenvalue weighted by Gasteiger charge is -1.96. The van der Waals surface area contributed by atoms with Gasteiger partial charge in [-0.2, -0.15) is 0 Å². The van der Waals surface area contributed by atoms with Crippen molar-refractivity contribution in [2.45, 2.75) is 26.4 Å². The highest BCUT2D eigenvalue weighted by Crippen LogP contribution is 1.91. The Balaban J connectivity index is 3.48. The topological polar surface area (TPSA) is 46.5 Å². The van der Waals surface area contributed by atoms with Gasteiger partial charge in [0.25, 0.3) is 0 Å². The number of rotatable bonds is 4. The molecule has 1 atom stereocenters. The summed E-state index contributed by atoms with van der Waals surface area (Å²) in [5.74, 6) is -0.354. The van der Waals surface area contributed by atoms with Crippen LogP contribution in [0.4, 0.5) is 0 Å². The summed E-state index contributed by atoms with van der Waals surface area (Å²) in [5.41, 5.74) is 0. The molecule has 0 saturated carbocycles. The first-order valence-electron chi connectivity index (χ1n) is 3.68. The Bertz CT molecular complexity index is 138. The molecule has 3 heteroatoms. The van der Waals surface area contributed by atoms with Crippen molar-refractivity contribution in [3.63, 3.8) is 0 Å². The number of hydrogen-bond acceptors (Lipinski definition) is 3. The molecule has 0 bridgehead atoms. The molecule has 11 heavy (non-hydrogen) atoms. The number of hydrogen-bond donors (Lipinski definition) is 1. The van der Waals surface area contributed by atoms with E-state index in [9.17, 15) is 4.79 Å². The van der Waals surface area contributed by atoms with Crippen LogP contribution in [0.5, 0.6) is 0 Å². The van der Waals surface area contributed by atoms with Crippen LogP contribution in [0, 0.1) is 0 Å². The molecular weight excluding hydrogens is 144 g/mol. The predicted octanol–water partition coefficient (Wildman–Crippen LogP) is 0.877. The maximum atomic E-state index is 10.6. The SMILES string of the molecule is CCOC(=O)C=CCC(C)O. The molecule has 64 valence electrons. The van der Waals surface area contributed by atoms with E-state index in [1.165, 1.54) is 6.08 Å². The lowest BCUT2D eigenvalue weighted by atomic mass is 10.3. The lowest BCUT2D eigenvalue weighted by molar-refractivity contribution is -0.137. The van der Waals surface area contributed by atoms with Crippen LogP contribution >= 0.6 is 0 Å². The molecule has 0 aromatic rings. The van der Waals surface area contributed by atoms with Crippen LogP contribution in [-0.4, -0.2) is 23.8 Å². The summed E-state index contributed by atoms with van der Waals surface area (Å²) in [6, 6.07) is 0. The zero-order chi connectivity index (χ0) is 8.69. The van der Waals surface area contributed by atoms with E-state index in [1.807, 2.05) is 0 Å². The van der Waals surface area contributed by atoms with Gasteiger partial charge in [0.15, 0.2) is 0 Å². The molecule has 0 fully saturated rings. The van der Waals surface area contributed by atoms with Crippen LogP contribution in [0.2, 0.25) is 0 Å². The first kappa shape index (κ1) is 10.2. The fourth-order valence-corrected chi connectivity index (χ4v) is 0.552. The van der Waals surface area contributed by atoms with E-state index < -0.39 is 6.10 Å². The molecule has 0 spiro atoms. The van der Waals surface area contributed by atoms with Crippen LogP contribution in [0.25, 0.3) is 0 Å². The molecule has 0 rings (SSSR count). The summed E-state index contributed by atoms with van der Waals surface area (Å²) in [4.78, 5) is 10.6. The summed E-state index contributed by atoms with van der Waals surface area (Å²) in [5, 5.41) is 8.79. The Morgan fingerprint density at radius 3 is 2.82 bits per heavy atom. The smallest absolute Gasteiger partial charge is 0.330 e. The highest BCUT2D eigenvalue weighted by atomic mass is 16.5. The van der Waals surface area contributed by atoms with Crippen molar-refractivity contribution in [2.75, 3.05) is 6.61 Å². The van der Waals surface area contributed by atoms with Crippen molar-refractivity contribution >= 4 is 5.97 Å². The molecule has 3 nitrogen and oxygen atoms in total. The quantitative estimate of drug-likeness (QED) is 0.488. The normalized spacial score (nSPS) is 13.4. The van der Waals surface area contributed by atoms with Gasteiger partial charge in [0.2, 0.25) is 0 Å². The molecule has 0 aromatic carbocycles. The van der Waals surface area contributed by atoms with Crippen LogP contribution in [0.15, 0.2) is 12.2 Å². The van der Waals surface area contributed by atoms with Crippen LogP contribution in [0.1, 0.15) is 20.3 Å². The van der Waals surface area contributed by atoms with Gasteiger partial charge in [0, 0.05) is 6.08 Å². The van der Waals surface area contributed by atoms with Gasteiger partial charge >= 0.3 is 5.97 Å². The van der Waals surface area contributed by atoms with Crippen molar-refractivity contribution in [1.29, 1.82) is 0 Å².